The molecule has 1 heteroatoms. The summed E-state index contributed by atoms with van der Waals surface area (Å²) in [6, 6.07) is 6.27. The van der Waals surface area contributed by atoms with Gasteiger partial charge in [-0.15, -0.1) is 0 Å². The predicted octanol–water partition coefficient (Wildman–Crippen LogP) is 4.95. The number of aromatic hydroxyl groups is 1. The molecule has 1 nitrogen and oxygen atoms in total. The van der Waals surface area contributed by atoms with Crippen molar-refractivity contribution in [2.24, 2.45) is 0 Å². The Labute approximate surface area is 105 Å². The molecule has 2 rings (SSSR count). The lowest BCUT2D eigenvalue weighted by molar-refractivity contribution is 0.439. The van der Waals surface area contributed by atoms with Gasteiger partial charge < -0.3 is 5.11 Å². The Bertz CT molecular complexity index is 364. The van der Waals surface area contributed by atoms with Gasteiger partial charge in [0.25, 0.3) is 0 Å². The summed E-state index contributed by atoms with van der Waals surface area (Å²) >= 11 is 0. The van der Waals surface area contributed by atoms with Gasteiger partial charge in [0.15, 0.2) is 0 Å². The van der Waals surface area contributed by atoms with Gasteiger partial charge in [0.2, 0.25) is 0 Å². The van der Waals surface area contributed by atoms with Crippen molar-refractivity contribution in [1.82, 2.24) is 0 Å². The number of benzene rings is 1. The molecule has 1 fully saturated rings. The van der Waals surface area contributed by atoms with E-state index < -0.39 is 0 Å². The molecule has 1 saturated carbocycles. The van der Waals surface area contributed by atoms with Gasteiger partial charge in [-0.25, -0.2) is 0 Å². The topological polar surface area (TPSA) is 20.2 Å². The first-order valence-electron chi connectivity index (χ1n) is 7.05. The van der Waals surface area contributed by atoms with E-state index in [9.17, 15) is 5.11 Å². The van der Waals surface area contributed by atoms with Crippen LogP contribution in [0.1, 0.15) is 75.3 Å². The molecule has 0 radical (unpaired) electrons. The number of phenolic OH excluding ortho intramolecular Hbond substituents is 1. The Balaban J connectivity index is 2.23. The second kappa shape index (κ2) is 5.57. The van der Waals surface area contributed by atoms with Crippen molar-refractivity contribution in [1.29, 1.82) is 0 Å². The number of hydrogen-bond donors (Lipinski definition) is 1. The molecule has 0 heterocycles. The molecular formula is C16H24O. The summed E-state index contributed by atoms with van der Waals surface area (Å²) in [4.78, 5) is 0. The van der Waals surface area contributed by atoms with Crippen molar-refractivity contribution in [3.8, 4) is 5.75 Å². The SMILES string of the molecule is CCC(C)c1cc(C2CCCCC2)ccc1O. The molecule has 1 aromatic carbocycles. The molecule has 1 aliphatic carbocycles. The molecule has 0 bridgehead atoms. The van der Waals surface area contributed by atoms with Gasteiger partial charge in [0.05, 0.1) is 0 Å². The molecule has 1 unspecified atom stereocenters. The molecule has 1 aliphatic rings. The normalized spacial score (nSPS) is 19.2. The van der Waals surface area contributed by atoms with Crippen molar-refractivity contribution in [2.45, 2.75) is 64.2 Å². The van der Waals surface area contributed by atoms with Crippen molar-refractivity contribution in [3.63, 3.8) is 0 Å². The average Bonchev–Trinajstić information content (AvgIpc) is 2.39. The maximum absolute atomic E-state index is 9.93. The summed E-state index contributed by atoms with van der Waals surface area (Å²) in [6.07, 6.45) is 7.86. The standard InChI is InChI=1S/C16H24O/c1-3-12(2)15-11-14(9-10-16(15)17)13-7-5-4-6-8-13/h9-13,17H,3-8H2,1-2H3. The number of hydrogen-bond acceptors (Lipinski definition) is 1. The van der Waals surface area contributed by atoms with Crippen LogP contribution in [0.2, 0.25) is 0 Å². The monoisotopic (exact) mass is 232 g/mol. The fourth-order valence-corrected chi connectivity index (χ4v) is 2.88. The minimum absolute atomic E-state index is 0.457. The van der Waals surface area contributed by atoms with E-state index in [0.29, 0.717) is 11.7 Å². The second-order valence-corrected chi connectivity index (χ2v) is 5.46. The first kappa shape index (κ1) is 12.5. The highest BCUT2D eigenvalue weighted by Crippen LogP contribution is 2.36. The highest BCUT2D eigenvalue weighted by molar-refractivity contribution is 5.39. The highest BCUT2D eigenvalue weighted by Gasteiger charge is 2.17. The molecular weight excluding hydrogens is 208 g/mol. The molecule has 0 aliphatic heterocycles. The molecule has 0 spiro atoms. The van der Waals surface area contributed by atoms with E-state index in [0.717, 1.165) is 17.9 Å². The third-order valence-electron chi connectivity index (χ3n) is 4.27. The van der Waals surface area contributed by atoms with Crippen LogP contribution in [-0.4, -0.2) is 5.11 Å². The smallest absolute Gasteiger partial charge is 0.119 e. The molecule has 17 heavy (non-hydrogen) atoms. The molecule has 0 aromatic heterocycles. The largest absolute Gasteiger partial charge is 0.508 e. The van der Waals surface area contributed by atoms with E-state index in [1.807, 2.05) is 6.07 Å². The summed E-state index contributed by atoms with van der Waals surface area (Å²) in [5, 5.41) is 9.93. The van der Waals surface area contributed by atoms with Crippen LogP contribution >= 0.6 is 0 Å². The lowest BCUT2D eigenvalue weighted by Crippen LogP contribution is -2.05. The summed E-state index contributed by atoms with van der Waals surface area (Å²) < 4.78 is 0. The van der Waals surface area contributed by atoms with Gasteiger partial charge in [-0.2, -0.15) is 0 Å². The van der Waals surface area contributed by atoms with E-state index in [-0.39, 0.29) is 0 Å². The fourth-order valence-electron chi connectivity index (χ4n) is 2.88. The highest BCUT2D eigenvalue weighted by atomic mass is 16.3. The Hall–Kier alpha value is -0.980. The average molecular weight is 232 g/mol. The minimum Gasteiger partial charge on any atom is -0.508 e. The summed E-state index contributed by atoms with van der Waals surface area (Å²) in [5.41, 5.74) is 2.58. The van der Waals surface area contributed by atoms with Gasteiger partial charge in [-0.3, -0.25) is 0 Å². The van der Waals surface area contributed by atoms with Crippen molar-refractivity contribution in [2.75, 3.05) is 0 Å². The molecule has 0 saturated heterocycles. The predicted molar refractivity (Wildman–Crippen MR) is 72.6 cm³/mol. The second-order valence-electron chi connectivity index (χ2n) is 5.46. The van der Waals surface area contributed by atoms with Crippen LogP contribution in [0.15, 0.2) is 18.2 Å². The Morgan fingerprint density at radius 1 is 1.24 bits per heavy atom. The zero-order valence-corrected chi connectivity index (χ0v) is 11.1. The maximum atomic E-state index is 9.93. The van der Waals surface area contributed by atoms with Crippen LogP contribution in [0.5, 0.6) is 5.75 Å². The quantitative estimate of drug-likeness (QED) is 0.781. The third-order valence-corrected chi connectivity index (χ3v) is 4.27. The molecule has 94 valence electrons. The third kappa shape index (κ3) is 2.83. The first-order chi connectivity index (χ1) is 8.22. The Morgan fingerprint density at radius 3 is 2.59 bits per heavy atom. The van der Waals surface area contributed by atoms with Crippen molar-refractivity contribution in [3.05, 3.63) is 29.3 Å². The first-order valence-corrected chi connectivity index (χ1v) is 7.05. The number of rotatable bonds is 3. The van der Waals surface area contributed by atoms with Gasteiger partial charge in [0.1, 0.15) is 5.75 Å². The van der Waals surface area contributed by atoms with Crippen LogP contribution in [0.25, 0.3) is 0 Å². The van der Waals surface area contributed by atoms with E-state index in [1.54, 1.807) is 0 Å². The van der Waals surface area contributed by atoms with Crippen molar-refractivity contribution >= 4 is 0 Å². The van der Waals surface area contributed by atoms with Crippen LogP contribution in [0.4, 0.5) is 0 Å². The van der Waals surface area contributed by atoms with E-state index in [4.69, 9.17) is 0 Å². The zero-order valence-electron chi connectivity index (χ0n) is 11.1. The van der Waals surface area contributed by atoms with Gasteiger partial charge in [0, 0.05) is 0 Å². The van der Waals surface area contributed by atoms with Crippen LogP contribution in [0.3, 0.4) is 0 Å². The van der Waals surface area contributed by atoms with E-state index >= 15 is 0 Å². The van der Waals surface area contributed by atoms with Gasteiger partial charge in [-0.05, 0) is 48.3 Å². The zero-order chi connectivity index (χ0) is 12.3. The lowest BCUT2D eigenvalue weighted by Gasteiger charge is -2.23. The van der Waals surface area contributed by atoms with Gasteiger partial charge >= 0.3 is 0 Å². The van der Waals surface area contributed by atoms with Crippen LogP contribution in [-0.2, 0) is 0 Å². The number of phenols is 1. The molecule has 1 N–H and O–H groups in total. The fraction of sp³-hybridized carbons (Fsp3) is 0.625. The van der Waals surface area contributed by atoms with E-state index in [1.165, 1.54) is 37.7 Å². The van der Waals surface area contributed by atoms with Crippen LogP contribution in [0, 0.1) is 0 Å². The summed E-state index contributed by atoms with van der Waals surface area (Å²) in [7, 11) is 0. The lowest BCUT2D eigenvalue weighted by atomic mass is 9.82. The maximum Gasteiger partial charge on any atom is 0.119 e. The molecule has 0 amide bonds. The molecule has 1 atom stereocenters. The Morgan fingerprint density at radius 2 is 1.94 bits per heavy atom. The van der Waals surface area contributed by atoms with E-state index in [2.05, 4.69) is 26.0 Å². The van der Waals surface area contributed by atoms with Crippen LogP contribution < -0.4 is 0 Å². The summed E-state index contributed by atoms with van der Waals surface area (Å²) in [6.45, 7) is 4.37. The minimum atomic E-state index is 0.457. The molecule has 1 aromatic rings. The Kier molecular flexibility index (Phi) is 4.09. The summed E-state index contributed by atoms with van der Waals surface area (Å²) in [5.74, 6) is 1.66. The van der Waals surface area contributed by atoms with Crippen molar-refractivity contribution < 1.29 is 5.11 Å². The van der Waals surface area contributed by atoms with Gasteiger partial charge in [-0.1, -0.05) is 45.2 Å².